The molecule has 0 saturated heterocycles. The number of hydrogen-bond donors (Lipinski definition) is 1. The molecule has 0 aliphatic carbocycles. The molecule has 0 aromatic rings. The van der Waals surface area contributed by atoms with Gasteiger partial charge in [-0.25, -0.2) is 4.98 Å². The van der Waals surface area contributed by atoms with E-state index in [0.717, 1.165) is 5.56 Å². The molecule has 0 unspecified atom stereocenters. The van der Waals surface area contributed by atoms with Gasteiger partial charge in [-0.05, 0) is 42.5 Å². The van der Waals surface area contributed by atoms with E-state index < -0.39 is 11.9 Å². The first-order valence-electron chi connectivity index (χ1n) is 6.24. The van der Waals surface area contributed by atoms with Crippen molar-refractivity contribution in [2.24, 2.45) is 0 Å². The Morgan fingerprint density at radius 3 is 2.30 bits per heavy atom. The smallest absolute Gasteiger partial charge is 0.335 e. The molecule has 6 heteroatoms. The Balaban J connectivity index is 2.85. The zero-order chi connectivity index (χ0) is 15.2. The van der Waals surface area contributed by atoms with Crippen LogP contribution in [0.2, 0.25) is 0 Å². The summed E-state index contributed by atoms with van der Waals surface area (Å²) in [5.74, 6) is 0.372. The third kappa shape index (κ3) is 2.44. The molecule has 2 nitrogen and oxygen atoms in total. The van der Waals surface area contributed by atoms with E-state index in [0.29, 0.717) is 15.8 Å². The van der Waals surface area contributed by atoms with E-state index in [-0.39, 0.29) is 17.3 Å². The number of pyridine rings is 2. The van der Waals surface area contributed by atoms with Crippen LogP contribution < -0.4 is 0 Å². The molecule has 2 rings (SSSR count). The van der Waals surface area contributed by atoms with E-state index in [1.807, 2.05) is 19.9 Å². The van der Waals surface area contributed by atoms with Crippen LogP contribution in [0, 0.1) is 18.5 Å². The number of alkyl halides is 3. The lowest BCUT2D eigenvalue weighted by molar-refractivity contribution is -0.141. The highest BCUT2D eigenvalue weighted by molar-refractivity contribution is 7.71. The van der Waals surface area contributed by atoms with Crippen molar-refractivity contribution in [2.45, 2.75) is 39.8 Å². The number of nitrogens with one attached hydrogen (secondary N) is 1. The van der Waals surface area contributed by atoms with E-state index in [4.69, 9.17) is 12.2 Å². The van der Waals surface area contributed by atoms with Crippen LogP contribution in [-0.2, 0) is 6.18 Å². The summed E-state index contributed by atoms with van der Waals surface area (Å²) < 4.78 is 39.3. The van der Waals surface area contributed by atoms with Crippen LogP contribution in [0.1, 0.15) is 42.1 Å². The van der Waals surface area contributed by atoms with E-state index >= 15 is 0 Å². The highest BCUT2D eigenvalue weighted by Crippen LogP contribution is 2.36. The largest absolute Gasteiger partial charge is 0.431 e. The second kappa shape index (κ2) is 4.84. The Labute approximate surface area is 120 Å². The topological polar surface area (TPSA) is 28.7 Å². The predicted molar refractivity (Wildman–Crippen MR) is 74.6 cm³/mol. The van der Waals surface area contributed by atoms with Gasteiger partial charge in [0.05, 0.1) is 0 Å². The first-order valence-corrected chi connectivity index (χ1v) is 6.65. The standard InChI is InChI=1S/C14H15F3N2S/c1-6(2)9-5-10-7(3)8(4)11(14(15,16)17)18-12(10)19-13(9)20/h5-6H,1-4H3,(H,18,19,20). The second-order valence-corrected chi connectivity index (χ2v) is 5.57. The number of aromatic amines is 1. The zero-order valence-corrected chi connectivity index (χ0v) is 12.5. The van der Waals surface area contributed by atoms with Gasteiger partial charge < -0.3 is 4.98 Å². The molecule has 0 spiro atoms. The zero-order valence-electron chi connectivity index (χ0n) is 11.6. The van der Waals surface area contributed by atoms with Crippen LogP contribution >= 0.6 is 12.2 Å². The van der Waals surface area contributed by atoms with Crippen LogP contribution in [-0.4, -0.2) is 9.97 Å². The normalized spacial score (nSPS) is 12.4. The molecule has 0 bridgehead atoms. The molecule has 108 valence electrons. The summed E-state index contributed by atoms with van der Waals surface area (Å²) in [6.45, 7) is 7.10. The van der Waals surface area contributed by atoms with Gasteiger partial charge in [-0.3, -0.25) is 0 Å². The minimum atomic E-state index is -4.43. The number of aromatic nitrogens is 2. The van der Waals surface area contributed by atoms with Gasteiger partial charge in [0.1, 0.15) is 16.2 Å². The van der Waals surface area contributed by atoms with Crippen LogP contribution in [0.5, 0.6) is 0 Å². The molecular formula is C14H15F3N2S. The molecule has 0 amide bonds. The van der Waals surface area contributed by atoms with Crippen molar-refractivity contribution in [3.05, 3.63) is 33.1 Å². The quantitative estimate of drug-likeness (QED) is 0.750. The Kier molecular flexibility index (Phi) is 3.62. The highest BCUT2D eigenvalue weighted by atomic mass is 32.1. The number of nitrogens with zero attached hydrogens (tertiary/aromatic N) is 1. The fourth-order valence-corrected chi connectivity index (χ4v) is 2.58. The van der Waals surface area contributed by atoms with Gasteiger partial charge in [-0.1, -0.05) is 26.1 Å². The van der Waals surface area contributed by atoms with Gasteiger partial charge in [-0.15, -0.1) is 0 Å². The average Bonchev–Trinajstić information content (AvgIpc) is 2.31. The van der Waals surface area contributed by atoms with Crippen molar-refractivity contribution < 1.29 is 13.2 Å². The monoisotopic (exact) mass is 300 g/mol. The molecule has 0 saturated carbocycles. The molecular weight excluding hydrogens is 285 g/mol. The molecule has 0 aromatic carbocycles. The molecule has 2 aliphatic rings. The first kappa shape index (κ1) is 15.0. The third-order valence-electron chi connectivity index (χ3n) is 3.51. The minimum Gasteiger partial charge on any atom is -0.335 e. The van der Waals surface area contributed by atoms with Crippen molar-refractivity contribution in [2.75, 3.05) is 0 Å². The molecule has 20 heavy (non-hydrogen) atoms. The van der Waals surface area contributed by atoms with Crippen LogP contribution in [0.25, 0.3) is 11.4 Å². The summed E-state index contributed by atoms with van der Waals surface area (Å²) in [5.41, 5.74) is 1.58. The van der Waals surface area contributed by atoms with Crippen molar-refractivity contribution in [1.29, 1.82) is 0 Å². The van der Waals surface area contributed by atoms with Gasteiger partial charge in [0.2, 0.25) is 0 Å². The van der Waals surface area contributed by atoms with Gasteiger partial charge >= 0.3 is 6.18 Å². The number of fused-ring (bicyclic) bond motifs is 1. The molecule has 1 N–H and O–H groups in total. The lowest BCUT2D eigenvalue weighted by Crippen LogP contribution is -2.14. The lowest BCUT2D eigenvalue weighted by atomic mass is 9.96. The van der Waals surface area contributed by atoms with Crippen molar-refractivity contribution in [3.8, 4) is 11.4 Å². The number of H-pyrrole nitrogens is 1. The Morgan fingerprint density at radius 2 is 1.80 bits per heavy atom. The van der Waals surface area contributed by atoms with E-state index in [2.05, 4.69) is 9.97 Å². The van der Waals surface area contributed by atoms with Gasteiger partial charge in [0.25, 0.3) is 0 Å². The van der Waals surface area contributed by atoms with Gasteiger partial charge in [0.15, 0.2) is 0 Å². The summed E-state index contributed by atoms with van der Waals surface area (Å²) in [6.07, 6.45) is -4.43. The molecule has 0 fully saturated rings. The Hall–Kier alpha value is -1.43. The van der Waals surface area contributed by atoms with E-state index in [1.54, 1.807) is 6.92 Å². The van der Waals surface area contributed by atoms with Crippen molar-refractivity contribution in [3.63, 3.8) is 0 Å². The van der Waals surface area contributed by atoms with Crippen LogP contribution in [0.4, 0.5) is 13.2 Å². The summed E-state index contributed by atoms with van der Waals surface area (Å²) in [6, 6.07) is 1.84. The van der Waals surface area contributed by atoms with Gasteiger partial charge in [-0.2, -0.15) is 13.2 Å². The van der Waals surface area contributed by atoms with Crippen LogP contribution in [0.3, 0.4) is 0 Å². The second-order valence-electron chi connectivity index (χ2n) is 5.18. The average molecular weight is 300 g/mol. The lowest BCUT2D eigenvalue weighted by Gasteiger charge is -2.19. The number of rotatable bonds is 1. The van der Waals surface area contributed by atoms with Crippen molar-refractivity contribution in [1.82, 2.24) is 9.97 Å². The minimum absolute atomic E-state index is 0.182. The summed E-state index contributed by atoms with van der Waals surface area (Å²) in [5, 5.41) is 0. The molecule has 2 heterocycles. The highest BCUT2D eigenvalue weighted by Gasteiger charge is 2.35. The summed E-state index contributed by atoms with van der Waals surface area (Å²) >= 11 is 5.16. The molecule has 2 aliphatic heterocycles. The SMILES string of the molecule is Cc1c2cc(C(C)C)c(=S)nc-2[nH]c(C(F)(F)F)c1C. The Morgan fingerprint density at radius 1 is 1.20 bits per heavy atom. The molecule has 0 atom stereocenters. The number of halogens is 3. The fraction of sp³-hybridized carbons (Fsp3) is 0.429. The summed E-state index contributed by atoms with van der Waals surface area (Å²) in [7, 11) is 0. The summed E-state index contributed by atoms with van der Waals surface area (Å²) in [4.78, 5) is 6.51. The molecule has 0 aromatic heterocycles. The fourth-order valence-electron chi connectivity index (χ4n) is 2.19. The van der Waals surface area contributed by atoms with Gasteiger partial charge in [0, 0.05) is 5.56 Å². The maximum atomic E-state index is 13.0. The maximum Gasteiger partial charge on any atom is 0.431 e. The van der Waals surface area contributed by atoms with Crippen LogP contribution in [0.15, 0.2) is 6.07 Å². The number of hydrogen-bond acceptors (Lipinski definition) is 2. The molecule has 0 radical (unpaired) electrons. The first-order chi connectivity index (χ1) is 9.12. The Bertz CT molecular complexity index is 686. The predicted octanol–water partition coefficient (Wildman–Crippen LogP) is 5.00. The van der Waals surface area contributed by atoms with Crippen molar-refractivity contribution >= 4 is 12.2 Å². The third-order valence-corrected chi connectivity index (χ3v) is 3.83. The van der Waals surface area contributed by atoms with E-state index in [1.165, 1.54) is 6.92 Å². The maximum absolute atomic E-state index is 13.0. The van der Waals surface area contributed by atoms with E-state index in [9.17, 15) is 13.2 Å².